The Bertz CT molecular complexity index is 1110. The van der Waals surface area contributed by atoms with E-state index in [0.717, 1.165) is 61.5 Å². The first-order valence-electron chi connectivity index (χ1n) is 11.9. The van der Waals surface area contributed by atoms with E-state index < -0.39 is 0 Å². The van der Waals surface area contributed by atoms with Crippen molar-refractivity contribution in [2.75, 3.05) is 58.5 Å². The normalized spacial score (nSPS) is 19.8. The molecule has 5 rings (SSSR count). The SMILES string of the molecule is CCN1CCN(c2ccc(C3N=C(N)NC4=C3CCOc3cc(OC)cc(OC)c34)cc2)CC1.Cl. The molecule has 0 radical (unpaired) electrons. The summed E-state index contributed by atoms with van der Waals surface area (Å²) in [6, 6.07) is 12.3. The third-order valence-electron chi connectivity index (χ3n) is 6.94. The predicted molar refractivity (Wildman–Crippen MR) is 142 cm³/mol. The monoisotopic (exact) mass is 499 g/mol. The van der Waals surface area contributed by atoms with Crippen molar-refractivity contribution in [3.05, 3.63) is 53.1 Å². The second kappa shape index (κ2) is 10.7. The minimum Gasteiger partial charge on any atom is -0.496 e. The van der Waals surface area contributed by atoms with Crippen LogP contribution in [0.25, 0.3) is 5.70 Å². The summed E-state index contributed by atoms with van der Waals surface area (Å²) in [6.45, 7) is 8.20. The number of guanidine groups is 1. The summed E-state index contributed by atoms with van der Waals surface area (Å²) >= 11 is 0. The molecule has 0 spiro atoms. The highest BCUT2D eigenvalue weighted by molar-refractivity contribution is 5.94. The van der Waals surface area contributed by atoms with E-state index in [9.17, 15) is 0 Å². The van der Waals surface area contributed by atoms with Crippen LogP contribution < -0.4 is 30.2 Å². The molecule has 0 saturated carbocycles. The summed E-state index contributed by atoms with van der Waals surface area (Å²) in [5.41, 5.74) is 11.5. The Hall–Kier alpha value is -3.10. The molecule has 0 aliphatic carbocycles. The summed E-state index contributed by atoms with van der Waals surface area (Å²) in [5.74, 6) is 2.45. The lowest BCUT2D eigenvalue weighted by Gasteiger charge is -2.35. The van der Waals surface area contributed by atoms with E-state index in [-0.39, 0.29) is 18.4 Å². The average Bonchev–Trinajstić information content (AvgIpc) is 3.07. The van der Waals surface area contributed by atoms with Crippen LogP contribution in [0.15, 0.2) is 47.0 Å². The van der Waals surface area contributed by atoms with Crippen LogP contribution in [0.3, 0.4) is 0 Å². The van der Waals surface area contributed by atoms with Gasteiger partial charge in [-0.05, 0) is 29.8 Å². The molecule has 1 fully saturated rings. The van der Waals surface area contributed by atoms with Crippen LogP contribution in [-0.4, -0.2) is 64.4 Å². The first kappa shape index (κ1) is 25.0. The van der Waals surface area contributed by atoms with Gasteiger partial charge in [0.05, 0.1) is 32.1 Å². The molecule has 3 aliphatic heterocycles. The number of likely N-dealkylation sites (N-methyl/N-ethyl adjacent to an activating group) is 1. The van der Waals surface area contributed by atoms with Gasteiger partial charge in [-0.2, -0.15) is 0 Å². The molecule has 3 aliphatic rings. The third kappa shape index (κ3) is 4.86. The summed E-state index contributed by atoms with van der Waals surface area (Å²) in [4.78, 5) is 9.73. The molecule has 2 aromatic rings. The highest BCUT2D eigenvalue weighted by Gasteiger charge is 2.32. The first-order chi connectivity index (χ1) is 16.6. The van der Waals surface area contributed by atoms with E-state index in [1.165, 1.54) is 5.69 Å². The summed E-state index contributed by atoms with van der Waals surface area (Å²) in [6.07, 6.45) is 0.727. The zero-order valence-electron chi connectivity index (χ0n) is 20.5. The maximum atomic E-state index is 6.28. The number of rotatable bonds is 5. The fraction of sp³-hybridized carbons (Fsp3) is 0.423. The zero-order valence-corrected chi connectivity index (χ0v) is 21.4. The minimum atomic E-state index is -0.177. The van der Waals surface area contributed by atoms with Crippen molar-refractivity contribution in [3.63, 3.8) is 0 Å². The molecule has 9 heteroatoms. The van der Waals surface area contributed by atoms with Crippen molar-refractivity contribution in [1.29, 1.82) is 0 Å². The summed E-state index contributed by atoms with van der Waals surface area (Å²) < 4.78 is 17.3. The van der Waals surface area contributed by atoms with Crippen LogP contribution in [0.4, 0.5) is 5.69 Å². The van der Waals surface area contributed by atoms with Gasteiger partial charge in [-0.3, -0.25) is 0 Å². The molecular weight excluding hydrogens is 466 g/mol. The van der Waals surface area contributed by atoms with Gasteiger partial charge in [0.25, 0.3) is 0 Å². The van der Waals surface area contributed by atoms with Gasteiger partial charge in [-0.15, -0.1) is 12.4 Å². The topological polar surface area (TPSA) is 84.6 Å². The van der Waals surface area contributed by atoms with E-state index in [0.29, 0.717) is 29.8 Å². The van der Waals surface area contributed by atoms with Crippen molar-refractivity contribution < 1.29 is 14.2 Å². The molecular formula is C26H34ClN5O3. The number of methoxy groups -OCH3 is 2. The third-order valence-corrected chi connectivity index (χ3v) is 6.94. The molecule has 188 valence electrons. The standard InChI is InChI=1S/C26H33N5O3.ClH/c1-4-30-10-12-31(13-11-30)18-7-5-17(6-8-18)24-20-9-14-34-22-16-19(32-2)15-21(33-3)23(22)25(20)29-26(27)28-24;/h5-8,15-16,24H,4,9-14H2,1-3H3,(H3,27,28,29);1H. The minimum absolute atomic E-state index is 0. The Morgan fingerprint density at radius 3 is 2.49 bits per heavy atom. The van der Waals surface area contributed by atoms with Crippen LogP contribution in [-0.2, 0) is 0 Å². The van der Waals surface area contributed by atoms with Gasteiger partial charge in [0.15, 0.2) is 5.96 Å². The maximum Gasteiger partial charge on any atom is 0.194 e. The van der Waals surface area contributed by atoms with Gasteiger partial charge in [0.1, 0.15) is 23.3 Å². The molecule has 8 nitrogen and oxygen atoms in total. The molecule has 3 N–H and O–H groups in total. The van der Waals surface area contributed by atoms with E-state index in [1.807, 2.05) is 12.1 Å². The molecule has 0 aromatic heterocycles. The lowest BCUT2D eigenvalue weighted by Crippen LogP contribution is -2.46. The molecule has 1 atom stereocenters. The van der Waals surface area contributed by atoms with Crippen LogP contribution in [0, 0.1) is 0 Å². The number of aliphatic imine (C=N–C) groups is 1. The Balaban J connectivity index is 0.00000289. The number of nitrogens with two attached hydrogens (primary N) is 1. The number of benzene rings is 2. The second-order valence-corrected chi connectivity index (χ2v) is 8.76. The Kier molecular flexibility index (Phi) is 7.62. The fourth-order valence-electron chi connectivity index (χ4n) is 5.02. The number of halogens is 1. The number of piperazine rings is 1. The van der Waals surface area contributed by atoms with Crippen molar-refractivity contribution in [3.8, 4) is 17.2 Å². The predicted octanol–water partition coefficient (Wildman–Crippen LogP) is 3.42. The Morgan fingerprint density at radius 2 is 1.83 bits per heavy atom. The van der Waals surface area contributed by atoms with Gasteiger partial charge in [0.2, 0.25) is 0 Å². The van der Waals surface area contributed by atoms with Crippen molar-refractivity contribution in [1.82, 2.24) is 10.2 Å². The molecule has 0 amide bonds. The maximum absolute atomic E-state index is 6.28. The molecule has 3 heterocycles. The van der Waals surface area contributed by atoms with Crippen LogP contribution in [0.2, 0.25) is 0 Å². The molecule has 35 heavy (non-hydrogen) atoms. The summed E-state index contributed by atoms with van der Waals surface area (Å²) in [7, 11) is 3.28. The molecule has 1 saturated heterocycles. The van der Waals surface area contributed by atoms with E-state index in [1.54, 1.807) is 14.2 Å². The largest absolute Gasteiger partial charge is 0.496 e. The Labute approximate surface area is 213 Å². The van der Waals surface area contributed by atoms with Gasteiger partial charge in [-0.25, -0.2) is 4.99 Å². The molecule has 0 bridgehead atoms. The van der Waals surface area contributed by atoms with Crippen molar-refractivity contribution >= 4 is 29.8 Å². The van der Waals surface area contributed by atoms with Gasteiger partial charge >= 0.3 is 0 Å². The second-order valence-electron chi connectivity index (χ2n) is 8.76. The lowest BCUT2D eigenvalue weighted by molar-refractivity contribution is 0.271. The van der Waals surface area contributed by atoms with Crippen LogP contribution >= 0.6 is 12.4 Å². The zero-order chi connectivity index (χ0) is 23.7. The number of hydrogen-bond donors (Lipinski definition) is 2. The Morgan fingerprint density at radius 1 is 1.09 bits per heavy atom. The fourth-order valence-corrected chi connectivity index (χ4v) is 5.02. The quantitative estimate of drug-likeness (QED) is 0.652. The van der Waals surface area contributed by atoms with Crippen molar-refractivity contribution in [2.24, 2.45) is 10.7 Å². The van der Waals surface area contributed by atoms with Gasteiger partial charge < -0.3 is 35.1 Å². The van der Waals surface area contributed by atoms with Gasteiger partial charge in [0, 0.05) is 50.4 Å². The number of fused-ring (bicyclic) bond motifs is 2. The van der Waals surface area contributed by atoms with E-state index >= 15 is 0 Å². The molecule has 2 aromatic carbocycles. The number of anilines is 1. The highest BCUT2D eigenvalue weighted by Crippen LogP contribution is 2.45. The van der Waals surface area contributed by atoms with Crippen LogP contribution in [0.5, 0.6) is 17.2 Å². The molecule has 1 unspecified atom stereocenters. The number of nitrogens with one attached hydrogen (secondary N) is 1. The van der Waals surface area contributed by atoms with Gasteiger partial charge in [-0.1, -0.05) is 19.1 Å². The summed E-state index contributed by atoms with van der Waals surface area (Å²) in [5, 5.41) is 3.29. The smallest absolute Gasteiger partial charge is 0.194 e. The lowest BCUT2D eigenvalue weighted by atomic mass is 9.91. The van der Waals surface area contributed by atoms with E-state index in [4.69, 9.17) is 24.9 Å². The van der Waals surface area contributed by atoms with Crippen molar-refractivity contribution in [2.45, 2.75) is 19.4 Å². The van der Waals surface area contributed by atoms with Crippen LogP contribution in [0.1, 0.15) is 30.5 Å². The first-order valence-corrected chi connectivity index (χ1v) is 11.9. The number of hydrogen-bond acceptors (Lipinski definition) is 8. The van der Waals surface area contributed by atoms with E-state index in [2.05, 4.69) is 46.3 Å². The number of nitrogens with zero attached hydrogens (tertiary/aromatic N) is 3. The highest BCUT2D eigenvalue weighted by atomic mass is 35.5. The average molecular weight is 500 g/mol. The number of ether oxygens (including phenoxy) is 3.